The van der Waals surface area contributed by atoms with E-state index in [0.29, 0.717) is 18.7 Å². The van der Waals surface area contributed by atoms with E-state index in [0.717, 1.165) is 6.42 Å². The summed E-state index contributed by atoms with van der Waals surface area (Å²) in [6.45, 7) is 0.587. The average Bonchev–Trinajstić information content (AvgIpc) is 2.84. The molecule has 1 aliphatic rings. The van der Waals surface area contributed by atoms with Gasteiger partial charge in [0.25, 0.3) is 5.91 Å². The SMILES string of the molecule is Cn1cccc1C(=O)N1CCCC1CS(N)(=O)=O. The topological polar surface area (TPSA) is 85.4 Å². The largest absolute Gasteiger partial charge is 0.347 e. The predicted molar refractivity (Wildman–Crippen MR) is 67.4 cm³/mol. The third kappa shape index (κ3) is 2.73. The Balaban J connectivity index is 2.17. The van der Waals surface area contributed by atoms with Crippen LogP contribution >= 0.6 is 0 Å². The van der Waals surface area contributed by atoms with Gasteiger partial charge in [-0.05, 0) is 25.0 Å². The second-order valence-electron chi connectivity index (χ2n) is 4.63. The maximum Gasteiger partial charge on any atom is 0.270 e. The molecule has 1 aromatic rings. The average molecular weight is 271 g/mol. The van der Waals surface area contributed by atoms with E-state index in [9.17, 15) is 13.2 Å². The zero-order valence-corrected chi connectivity index (χ0v) is 11.1. The number of carbonyl (C=O) groups is 1. The molecule has 0 saturated carbocycles. The summed E-state index contributed by atoms with van der Waals surface area (Å²) >= 11 is 0. The van der Waals surface area contributed by atoms with Crippen LogP contribution < -0.4 is 5.14 Å². The molecule has 2 heterocycles. The molecular weight excluding hydrogens is 254 g/mol. The Morgan fingerprint density at radius 2 is 2.28 bits per heavy atom. The van der Waals surface area contributed by atoms with Gasteiger partial charge in [0.15, 0.2) is 0 Å². The quantitative estimate of drug-likeness (QED) is 0.834. The summed E-state index contributed by atoms with van der Waals surface area (Å²) in [7, 11) is -1.76. The lowest BCUT2D eigenvalue weighted by atomic mass is 10.2. The summed E-state index contributed by atoms with van der Waals surface area (Å²) in [5.74, 6) is -0.294. The molecule has 0 spiro atoms. The number of hydrogen-bond acceptors (Lipinski definition) is 3. The van der Waals surface area contributed by atoms with Crippen molar-refractivity contribution in [2.45, 2.75) is 18.9 Å². The second kappa shape index (κ2) is 4.74. The number of likely N-dealkylation sites (tertiary alicyclic amines) is 1. The Hall–Kier alpha value is -1.34. The highest BCUT2D eigenvalue weighted by atomic mass is 32.2. The fourth-order valence-corrected chi connectivity index (χ4v) is 3.26. The molecule has 1 fully saturated rings. The molecule has 1 aliphatic heterocycles. The molecule has 100 valence electrons. The highest BCUT2D eigenvalue weighted by Gasteiger charge is 2.32. The van der Waals surface area contributed by atoms with Crippen LogP contribution in [0.2, 0.25) is 0 Å². The predicted octanol–water partition coefficient (Wildman–Crippen LogP) is -0.0818. The van der Waals surface area contributed by atoms with Crippen LogP contribution in [0, 0.1) is 0 Å². The third-order valence-electron chi connectivity index (χ3n) is 3.23. The molecule has 2 N–H and O–H groups in total. The van der Waals surface area contributed by atoms with Crippen molar-refractivity contribution in [2.75, 3.05) is 12.3 Å². The number of rotatable bonds is 3. The molecule has 7 heteroatoms. The van der Waals surface area contributed by atoms with Gasteiger partial charge in [-0.3, -0.25) is 4.79 Å². The second-order valence-corrected chi connectivity index (χ2v) is 6.29. The molecule has 1 amide bonds. The molecule has 0 aromatic carbocycles. The van der Waals surface area contributed by atoms with Crippen molar-refractivity contribution in [3.63, 3.8) is 0 Å². The smallest absolute Gasteiger partial charge is 0.270 e. The molecule has 0 aliphatic carbocycles. The zero-order chi connectivity index (χ0) is 13.3. The summed E-state index contributed by atoms with van der Waals surface area (Å²) in [4.78, 5) is 13.9. The number of amides is 1. The standard InChI is InChI=1S/C11H17N3O3S/c1-13-6-3-5-10(13)11(15)14-7-2-4-9(14)8-18(12,16)17/h3,5-6,9H,2,4,7-8H2,1H3,(H2,12,16,17). The normalized spacial score (nSPS) is 20.3. The monoisotopic (exact) mass is 271 g/mol. The van der Waals surface area contributed by atoms with Crippen molar-refractivity contribution < 1.29 is 13.2 Å². The number of aryl methyl sites for hydroxylation is 1. The van der Waals surface area contributed by atoms with Crippen LogP contribution in [0.15, 0.2) is 18.3 Å². The third-order valence-corrected chi connectivity index (χ3v) is 4.07. The minimum atomic E-state index is -3.55. The van der Waals surface area contributed by atoms with E-state index in [2.05, 4.69) is 0 Å². The number of primary sulfonamides is 1. The lowest BCUT2D eigenvalue weighted by Gasteiger charge is -2.24. The summed E-state index contributed by atoms with van der Waals surface area (Å²) < 4.78 is 24.0. The van der Waals surface area contributed by atoms with Gasteiger partial charge in [-0.25, -0.2) is 13.6 Å². The van der Waals surface area contributed by atoms with Gasteiger partial charge in [0.2, 0.25) is 10.0 Å². The van der Waals surface area contributed by atoms with Crippen LogP contribution in [-0.4, -0.2) is 42.1 Å². The van der Waals surface area contributed by atoms with Gasteiger partial charge in [-0.2, -0.15) is 0 Å². The molecular formula is C11H17N3O3S. The minimum Gasteiger partial charge on any atom is -0.347 e. The Morgan fingerprint density at radius 1 is 1.56 bits per heavy atom. The Morgan fingerprint density at radius 3 is 2.83 bits per heavy atom. The maximum absolute atomic E-state index is 12.3. The minimum absolute atomic E-state index is 0.131. The molecule has 1 unspecified atom stereocenters. The van der Waals surface area contributed by atoms with Crippen molar-refractivity contribution >= 4 is 15.9 Å². The summed E-state index contributed by atoms with van der Waals surface area (Å²) in [6, 6.07) is 3.22. The van der Waals surface area contributed by atoms with Crippen LogP contribution in [0.5, 0.6) is 0 Å². The Labute approximate surface area is 106 Å². The van der Waals surface area contributed by atoms with Crippen LogP contribution in [0.25, 0.3) is 0 Å². The Kier molecular flexibility index (Phi) is 3.45. The van der Waals surface area contributed by atoms with Crippen molar-refractivity contribution in [2.24, 2.45) is 12.2 Å². The molecule has 6 nitrogen and oxygen atoms in total. The van der Waals surface area contributed by atoms with Gasteiger partial charge in [0.1, 0.15) is 5.69 Å². The van der Waals surface area contributed by atoms with Crippen molar-refractivity contribution in [1.29, 1.82) is 0 Å². The number of nitrogens with zero attached hydrogens (tertiary/aromatic N) is 2. The maximum atomic E-state index is 12.3. The van der Waals surface area contributed by atoms with Crippen LogP contribution in [0.3, 0.4) is 0 Å². The fraction of sp³-hybridized carbons (Fsp3) is 0.545. The molecule has 1 saturated heterocycles. The van der Waals surface area contributed by atoms with Crippen LogP contribution in [0.4, 0.5) is 0 Å². The van der Waals surface area contributed by atoms with Gasteiger partial charge in [-0.15, -0.1) is 0 Å². The van der Waals surface area contributed by atoms with E-state index in [-0.39, 0.29) is 17.7 Å². The summed E-state index contributed by atoms with van der Waals surface area (Å²) in [6.07, 6.45) is 3.29. The van der Waals surface area contributed by atoms with E-state index >= 15 is 0 Å². The number of aromatic nitrogens is 1. The van der Waals surface area contributed by atoms with Gasteiger partial charge in [0.05, 0.1) is 5.75 Å². The number of sulfonamides is 1. The van der Waals surface area contributed by atoms with Gasteiger partial charge < -0.3 is 9.47 Å². The van der Waals surface area contributed by atoms with Gasteiger partial charge in [0, 0.05) is 25.8 Å². The highest BCUT2D eigenvalue weighted by molar-refractivity contribution is 7.89. The van der Waals surface area contributed by atoms with Gasteiger partial charge >= 0.3 is 0 Å². The number of carbonyl (C=O) groups excluding carboxylic acids is 1. The van der Waals surface area contributed by atoms with E-state index in [1.54, 1.807) is 34.8 Å². The molecule has 0 radical (unpaired) electrons. The first-order chi connectivity index (χ1) is 8.38. The zero-order valence-electron chi connectivity index (χ0n) is 10.2. The number of nitrogens with two attached hydrogens (primary N) is 1. The van der Waals surface area contributed by atoms with E-state index in [4.69, 9.17) is 5.14 Å². The summed E-state index contributed by atoms with van der Waals surface area (Å²) in [5.41, 5.74) is 0.566. The lowest BCUT2D eigenvalue weighted by Crippen LogP contribution is -2.41. The van der Waals surface area contributed by atoms with E-state index < -0.39 is 10.0 Å². The molecule has 1 atom stereocenters. The van der Waals surface area contributed by atoms with Crippen molar-refractivity contribution in [1.82, 2.24) is 9.47 Å². The van der Waals surface area contributed by atoms with Crippen LogP contribution in [-0.2, 0) is 17.1 Å². The summed E-state index contributed by atoms with van der Waals surface area (Å²) in [5, 5.41) is 5.06. The highest BCUT2D eigenvalue weighted by Crippen LogP contribution is 2.21. The first kappa shape index (κ1) is 13.1. The molecule has 2 rings (SSSR count). The van der Waals surface area contributed by atoms with Crippen molar-refractivity contribution in [3.05, 3.63) is 24.0 Å². The van der Waals surface area contributed by atoms with Gasteiger partial charge in [-0.1, -0.05) is 0 Å². The number of hydrogen-bond donors (Lipinski definition) is 1. The van der Waals surface area contributed by atoms with Crippen LogP contribution in [0.1, 0.15) is 23.3 Å². The van der Waals surface area contributed by atoms with E-state index in [1.807, 2.05) is 0 Å². The molecule has 0 bridgehead atoms. The molecule has 18 heavy (non-hydrogen) atoms. The van der Waals surface area contributed by atoms with E-state index in [1.165, 1.54) is 0 Å². The fourth-order valence-electron chi connectivity index (χ4n) is 2.37. The lowest BCUT2D eigenvalue weighted by molar-refractivity contribution is 0.0739. The first-order valence-electron chi connectivity index (χ1n) is 5.81. The molecule has 1 aromatic heterocycles. The van der Waals surface area contributed by atoms with Crippen molar-refractivity contribution in [3.8, 4) is 0 Å². The Bertz CT molecular complexity index is 550. The first-order valence-corrected chi connectivity index (χ1v) is 7.53.